The Kier molecular flexibility index (Phi) is 6.90. The second-order valence-corrected chi connectivity index (χ2v) is 8.67. The van der Waals surface area contributed by atoms with Crippen LogP contribution in [0.2, 0.25) is 0 Å². The van der Waals surface area contributed by atoms with Crippen molar-refractivity contribution < 1.29 is 0 Å². The Balaban J connectivity index is 1.60. The molecule has 0 spiro atoms. The van der Waals surface area contributed by atoms with Gasteiger partial charge in [0.25, 0.3) is 0 Å². The molecule has 0 saturated carbocycles. The Morgan fingerprint density at radius 3 is 1.39 bits per heavy atom. The molecule has 4 aromatic rings. The van der Waals surface area contributed by atoms with Crippen molar-refractivity contribution in [3.05, 3.63) is 137 Å². The van der Waals surface area contributed by atoms with E-state index in [1.165, 1.54) is 33.4 Å². The lowest BCUT2D eigenvalue weighted by Crippen LogP contribution is -2.09. The first-order valence-electron chi connectivity index (χ1n) is 11.5. The summed E-state index contributed by atoms with van der Waals surface area (Å²) in [6.07, 6.45) is 6.44. The van der Waals surface area contributed by atoms with Crippen molar-refractivity contribution in [2.75, 3.05) is 4.90 Å². The molecule has 4 aromatic carbocycles. The van der Waals surface area contributed by atoms with Crippen LogP contribution in [0, 0.1) is 20.8 Å². The van der Waals surface area contributed by atoms with Gasteiger partial charge in [0.1, 0.15) is 0 Å². The molecule has 0 unspecified atom stereocenters. The second kappa shape index (κ2) is 10.2. The van der Waals surface area contributed by atoms with Gasteiger partial charge in [-0.25, -0.2) is 0 Å². The molecule has 0 aliphatic rings. The molecule has 164 valence electrons. The van der Waals surface area contributed by atoms with Gasteiger partial charge in [0.2, 0.25) is 0 Å². The average Bonchev–Trinajstić information content (AvgIpc) is 2.83. The van der Waals surface area contributed by atoms with Gasteiger partial charge in [-0.2, -0.15) is 0 Å². The smallest absolute Gasteiger partial charge is 0.0462 e. The van der Waals surface area contributed by atoms with Crippen LogP contribution >= 0.6 is 0 Å². The molecular weight excluding hydrogens is 398 g/mol. The highest BCUT2D eigenvalue weighted by Gasteiger charge is 2.12. The first kappa shape index (κ1) is 22.4. The number of hydrogen-bond acceptors (Lipinski definition) is 1. The van der Waals surface area contributed by atoms with Crippen molar-refractivity contribution in [2.45, 2.75) is 27.7 Å². The van der Waals surface area contributed by atoms with Crippen LogP contribution < -0.4 is 4.90 Å². The Bertz CT molecular complexity index is 1190. The topological polar surface area (TPSA) is 3.24 Å². The van der Waals surface area contributed by atoms with Crippen molar-refractivity contribution >= 4 is 28.7 Å². The highest BCUT2D eigenvalue weighted by Crippen LogP contribution is 2.35. The van der Waals surface area contributed by atoms with E-state index in [0.717, 1.165) is 17.1 Å². The lowest BCUT2D eigenvalue weighted by atomic mass is 10.0. The van der Waals surface area contributed by atoms with Gasteiger partial charge < -0.3 is 4.90 Å². The highest BCUT2D eigenvalue weighted by atomic mass is 15.1. The van der Waals surface area contributed by atoms with E-state index in [2.05, 4.69) is 148 Å². The maximum absolute atomic E-state index is 2.30. The van der Waals surface area contributed by atoms with Crippen LogP contribution in [-0.2, 0) is 0 Å². The van der Waals surface area contributed by atoms with Gasteiger partial charge in [-0.15, -0.1) is 0 Å². The number of hydrogen-bond donors (Lipinski definition) is 0. The molecule has 0 N–H and O–H groups in total. The Morgan fingerprint density at radius 2 is 0.939 bits per heavy atom. The fourth-order valence-corrected chi connectivity index (χ4v) is 3.79. The van der Waals surface area contributed by atoms with E-state index >= 15 is 0 Å². The van der Waals surface area contributed by atoms with Crippen LogP contribution in [-0.4, -0.2) is 0 Å². The molecule has 0 amide bonds. The number of benzene rings is 4. The molecule has 1 heteroatoms. The minimum absolute atomic E-state index is 1.15. The van der Waals surface area contributed by atoms with Crippen LogP contribution in [0.4, 0.5) is 17.1 Å². The molecule has 0 saturated heterocycles. The van der Waals surface area contributed by atoms with E-state index in [-0.39, 0.29) is 0 Å². The molecule has 0 bridgehead atoms. The average molecular weight is 430 g/mol. The molecule has 4 rings (SSSR count). The van der Waals surface area contributed by atoms with Gasteiger partial charge >= 0.3 is 0 Å². The Labute approximate surface area is 198 Å². The number of rotatable bonds is 6. The molecule has 0 aromatic heterocycles. The third kappa shape index (κ3) is 5.70. The van der Waals surface area contributed by atoms with Crippen molar-refractivity contribution in [3.8, 4) is 0 Å². The first-order chi connectivity index (χ1) is 16.0. The molecule has 0 atom stereocenters. The van der Waals surface area contributed by atoms with Crippen molar-refractivity contribution in [2.24, 2.45) is 0 Å². The lowest BCUT2D eigenvalue weighted by Gasteiger charge is -2.26. The minimum Gasteiger partial charge on any atom is -0.311 e. The number of allylic oxidation sites excluding steroid dienone is 3. The molecule has 1 nitrogen and oxygen atoms in total. The van der Waals surface area contributed by atoms with Crippen molar-refractivity contribution in [1.82, 2.24) is 0 Å². The second-order valence-electron chi connectivity index (χ2n) is 8.67. The third-order valence-corrected chi connectivity index (χ3v) is 5.88. The maximum Gasteiger partial charge on any atom is 0.0462 e. The van der Waals surface area contributed by atoms with E-state index in [4.69, 9.17) is 0 Å². The van der Waals surface area contributed by atoms with Gasteiger partial charge in [-0.1, -0.05) is 95.6 Å². The van der Waals surface area contributed by atoms with Gasteiger partial charge in [-0.05, 0) is 80.8 Å². The third-order valence-electron chi connectivity index (χ3n) is 5.88. The largest absolute Gasteiger partial charge is 0.311 e. The summed E-state index contributed by atoms with van der Waals surface area (Å²) in [5.41, 5.74) is 10.9. The van der Waals surface area contributed by atoms with E-state index in [9.17, 15) is 0 Å². The molecule has 0 heterocycles. The zero-order valence-electron chi connectivity index (χ0n) is 19.9. The van der Waals surface area contributed by atoms with E-state index in [0.29, 0.717) is 0 Å². The Morgan fingerprint density at radius 1 is 0.545 bits per heavy atom. The number of anilines is 3. The van der Waals surface area contributed by atoms with Gasteiger partial charge in [0.15, 0.2) is 0 Å². The molecule has 0 aliphatic carbocycles. The molecule has 0 fully saturated rings. The zero-order valence-corrected chi connectivity index (χ0v) is 19.9. The Hall–Kier alpha value is -3.84. The predicted molar refractivity (Wildman–Crippen MR) is 144 cm³/mol. The fourth-order valence-electron chi connectivity index (χ4n) is 3.79. The molecule has 0 aliphatic heterocycles. The highest BCUT2D eigenvalue weighted by molar-refractivity contribution is 5.78. The number of nitrogens with zero attached hydrogens (tertiary/aromatic N) is 1. The predicted octanol–water partition coefficient (Wildman–Crippen LogP) is 9.20. The maximum atomic E-state index is 2.30. The van der Waals surface area contributed by atoms with Crippen LogP contribution in [0.5, 0.6) is 0 Å². The van der Waals surface area contributed by atoms with Crippen LogP contribution in [0.25, 0.3) is 11.6 Å². The van der Waals surface area contributed by atoms with Crippen LogP contribution in [0.3, 0.4) is 0 Å². The summed E-state index contributed by atoms with van der Waals surface area (Å²) in [5, 5.41) is 0. The van der Waals surface area contributed by atoms with E-state index in [1.54, 1.807) is 0 Å². The van der Waals surface area contributed by atoms with E-state index < -0.39 is 0 Å². The summed E-state index contributed by atoms with van der Waals surface area (Å²) >= 11 is 0. The molecule has 0 radical (unpaired) electrons. The van der Waals surface area contributed by atoms with Gasteiger partial charge in [0.05, 0.1) is 0 Å². The monoisotopic (exact) mass is 429 g/mol. The number of aryl methyl sites for hydroxylation is 3. The van der Waals surface area contributed by atoms with Crippen molar-refractivity contribution in [3.63, 3.8) is 0 Å². The first-order valence-corrected chi connectivity index (χ1v) is 11.5. The quantitative estimate of drug-likeness (QED) is 0.276. The van der Waals surface area contributed by atoms with Gasteiger partial charge in [-0.3, -0.25) is 0 Å². The standard InChI is InChI=1S/C32H31N/c1-24-8-14-28(15-9-24)7-5-6-27(4)29-16-22-32(23-17-29)33(30-18-10-25(2)11-19-30)31-20-12-26(3)13-21-31/h5-23H,1-4H3. The SMILES string of the molecule is CC(=CC=Cc1ccc(C)cc1)c1ccc(N(c2ccc(C)cc2)c2ccc(C)cc2)cc1. The summed E-state index contributed by atoms with van der Waals surface area (Å²) in [4.78, 5) is 2.30. The van der Waals surface area contributed by atoms with Crippen LogP contribution in [0.15, 0.2) is 109 Å². The summed E-state index contributed by atoms with van der Waals surface area (Å²) < 4.78 is 0. The summed E-state index contributed by atoms with van der Waals surface area (Å²) in [7, 11) is 0. The summed E-state index contributed by atoms with van der Waals surface area (Å²) in [6, 6.07) is 34.8. The fraction of sp³-hybridized carbons (Fsp3) is 0.125. The van der Waals surface area contributed by atoms with E-state index in [1.807, 2.05) is 0 Å². The van der Waals surface area contributed by atoms with Crippen molar-refractivity contribution in [1.29, 1.82) is 0 Å². The van der Waals surface area contributed by atoms with Crippen LogP contribution in [0.1, 0.15) is 34.7 Å². The molecule has 33 heavy (non-hydrogen) atoms. The summed E-state index contributed by atoms with van der Waals surface area (Å²) in [6.45, 7) is 8.51. The normalized spacial score (nSPS) is 11.7. The minimum atomic E-state index is 1.15. The van der Waals surface area contributed by atoms with Gasteiger partial charge in [0, 0.05) is 17.1 Å². The summed E-state index contributed by atoms with van der Waals surface area (Å²) in [5.74, 6) is 0. The molecular formula is C32H31N. The zero-order chi connectivity index (χ0) is 23.2. The lowest BCUT2D eigenvalue weighted by molar-refractivity contribution is 1.27.